The second kappa shape index (κ2) is 8.79. The van der Waals surface area contributed by atoms with E-state index in [0.29, 0.717) is 6.61 Å². The minimum Gasteiger partial charge on any atom is -0.434 e. The van der Waals surface area contributed by atoms with Crippen molar-refractivity contribution in [1.82, 2.24) is 0 Å². The zero-order valence-electron chi connectivity index (χ0n) is 11.6. The second-order valence-corrected chi connectivity index (χ2v) is 3.81. The molecule has 0 fully saturated rings. The molecule has 0 heterocycles. The van der Waals surface area contributed by atoms with Crippen LogP contribution in [0.25, 0.3) is 0 Å². The van der Waals surface area contributed by atoms with Gasteiger partial charge in [0.15, 0.2) is 0 Å². The molecule has 20 heavy (non-hydrogen) atoms. The summed E-state index contributed by atoms with van der Waals surface area (Å²) in [6, 6.07) is 6.09. The Balaban J connectivity index is 2.50. The van der Waals surface area contributed by atoms with Crippen LogP contribution in [0.5, 0.6) is 11.5 Å². The number of unbranched alkanes of at least 4 members (excludes halogenated alkanes) is 1. The summed E-state index contributed by atoms with van der Waals surface area (Å²) in [5, 5.41) is 0. The molecule has 0 radical (unpaired) electrons. The van der Waals surface area contributed by atoms with Crippen LogP contribution < -0.4 is 9.47 Å². The maximum atomic E-state index is 11.3. The lowest BCUT2D eigenvalue weighted by Gasteiger charge is -2.07. The zero-order chi connectivity index (χ0) is 14.8. The summed E-state index contributed by atoms with van der Waals surface area (Å²) in [7, 11) is 0. The molecule has 0 saturated heterocycles. The van der Waals surface area contributed by atoms with Crippen molar-refractivity contribution in [2.24, 2.45) is 0 Å². The first kappa shape index (κ1) is 15.8. The molecule has 0 atom stereocenters. The Hall–Kier alpha value is -2.24. The third-order valence-electron chi connectivity index (χ3n) is 2.19. The highest BCUT2D eigenvalue weighted by atomic mass is 16.7. The molecule has 0 N–H and O–H groups in total. The van der Waals surface area contributed by atoms with Gasteiger partial charge in [-0.25, -0.2) is 9.59 Å². The molecule has 6 nitrogen and oxygen atoms in total. The van der Waals surface area contributed by atoms with Crippen LogP contribution in [0.2, 0.25) is 0 Å². The first-order valence-electron chi connectivity index (χ1n) is 6.45. The number of carbonyl (C=O) groups excluding carboxylic acids is 2. The molecular weight excluding hydrogens is 264 g/mol. The number of ether oxygens (including phenoxy) is 4. The van der Waals surface area contributed by atoms with Crippen molar-refractivity contribution in [3.05, 3.63) is 24.3 Å². The Labute approximate surface area is 117 Å². The molecule has 0 spiro atoms. The Bertz CT molecular complexity index is 443. The highest BCUT2D eigenvalue weighted by Crippen LogP contribution is 2.20. The predicted octanol–water partition coefficient (Wildman–Crippen LogP) is 3.54. The normalized spacial score (nSPS) is 9.70. The van der Waals surface area contributed by atoms with E-state index in [0.717, 1.165) is 12.8 Å². The summed E-state index contributed by atoms with van der Waals surface area (Å²) in [6.45, 7) is 4.20. The van der Waals surface area contributed by atoms with E-state index in [-0.39, 0.29) is 18.1 Å². The van der Waals surface area contributed by atoms with E-state index in [4.69, 9.17) is 14.2 Å². The summed E-state index contributed by atoms with van der Waals surface area (Å²) in [4.78, 5) is 22.5. The summed E-state index contributed by atoms with van der Waals surface area (Å²) < 4.78 is 19.3. The molecule has 6 heteroatoms. The number of hydrogen-bond acceptors (Lipinski definition) is 6. The minimum absolute atomic E-state index is 0.221. The molecule has 0 aliphatic rings. The standard InChI is InChI=1S/C14H18O6/c1-3-5-9-18-14(16)20-12-8-6-7-11(10-12)19-13(15)17-4-2/h6-8,10H,3-5,9H2,1-2H3. The van der Waals surface area contributed by atoms with E-state index < -0.39 is 12.3 Å². The van der Waals surface area contributed by atoms with Crippen LogP contribution in [0.4, 0.5) is 9.59 Å². The molecule has 0 aliphatic heterocycles. The van der Waals surface area contributed by atoms with E-state index in [1.165, 1.54) is 6.07 Å². The summed E-state index contributed by atoms with van der Waals surface area (Å²) in [5.74, 6) is 0.454. The molecule has 1 rings (SSSR count). The van der Waals surface area contributed by atoms with Crippen molar-refractivity contribution in [3.63, 3.8) is 0 Å². The van der Waals surface area contributed by atoms with Gasteiger partial charge in [0.05, 0.1) is 13.2 Å². The third kappa shape index (κ3) is 6.08. The average molecular weight is 282 g/mol. The van der Waals surface area contributed by atoms with Crippen molar-refractivity contribution >= 4 is 12.3 Å². The molecule has 110 valence electrons. The van der Waals surface area contributed by atoms with Gasteiger partial charge in [-0.15, -0.1) is 0 Å². The Morgan fingerprint density at radius 1 is 1.00 bits per heavy atom. The van der Waals surface area contributed by atoms with Crippen LogP contribution in [0.3, 0.4) is 0 Å². The van der Waals surface area contributed by atoms with Gasteiger partial charge in [-0.05, 0) is 25.5 Å². The van der Waals surface area contributed by atoms with E-state index >= 15 is 0 Å². The van der Waals surface area contributed by atoms with Gasteiger partial charge < -0.3 is 18.9 Å². The molecule has 0 aliphatic carbocycles. The van der Waals surface area contributed by atoms with Crippen LogP contribution in [0, 0.1) is 0 Å². The summed E-state index contributed by atoms with van der Waals surface area (Å²) in [6.07, 6.45) is 0.110. The molecule has 0 bridgehead atoms. The lowest BCUT2D eigenvalue weighted by molar-refractivity contribution is 0.0975. The second-order valence-electron chi connectivity index (χ2n) is 3.81. The van der Waals surface area contributed by atoms with E-state index in [1.54, 1.807) is 25.1 Å². The Morgan fingerprint density at radius 3 is 2.15 bits per heavy atom. The largest absolute Gasteiger partial charge is 0.513 e. The highest BCUT2D eigenvalue weighted by Gasteiger charge is 2.09. The van der Waals surface area contributed by atoms with Gasteiger partial charge >= 0.3 is 12.3 Å². The van der Waals surface area contributed by atoms with Gasteiger partial charge in [-0.1, -0.05) is 19.4 Å². The van der Waals surface area contributed by atoms with Crippen molar-refractivity contribution in [1.29, 1.82) is 0 Å². The quantitative estimate of drug-likeness (QED) is 0.451. The zero-order valence-corrected chi connectivity index (χ0v) is 11.6. The monoisotopic (exact) mass is 282 g/mol. The van der Waals surface area contributed by atoms with Crippen LogP contribution in [-0.4, -0.2) is 25.5 Å². The minimum atomic E-state index is -0.810. The predicted molar refractivity (Wildman–Crippen MR) is 71.0 cm³/mol. The molecule has 0 saturated carbocycles. The number of rotatable bonds is 6. The van der Waals surface area contributed by atoms with Crippen molar-refractivity contribution < 1.29 is 28.5 Å². The van der Waals surface area contributed by atoms with Gasteiger partial charge in [-0.2, -0.15) is 0 Å². The lowest BCUT2D eigenvalue weighted by Crippen LogP contribution is -2.12. The van der Waals surface area contributed by atoms with Gasteiger partial charge in [0.2, 0.25) is 0 Å². The van der Waals surface area contributed by atoms with Crippen molar-refractivity contribution in [2.45, 2.75) is 26.7 Å². The fraction of sp³-hybridized carbons (Fsp3) is 0.429. The van der Waals surface area contributed by atoms with Crippen molar-refractivity contribution in [2.75, 3.05) is 13.2 Å². The van der Waals surface area contributed by atoms with Gasteiger partial charge in [-0.3, -0.25) is 0 Å². The molecule has 1 aromatic carbocycles. The lowest BCUT2D eigenvalue weighted by atomic mass is 10.3. The maximum absolute atomic E-state index is 11.3. The van der Waals surface area contributed by atoms with Crippen LogP contribution >= 0.6 is 0 Å². The number of carbonyl (C=O) groups is 2. The fourth-order valence-corrected chi connectivity index (χ4v) is 1.27. The average Bonchev–Trinajstić information content (AvgIpc) is 2.39. The van der Waals surface area contributed by atoms with E-state index in [2.05, 4.69) is 4.74 Å². The Kier molecular flexibility index (Phi) is 6.95. The van der Waals surface area contributed by atoms with Crippen LogP contribution in [-0.2, 0) is 9.47 Å². The topological polar surface area (TPSA) is 71.1 Å². The van der Waals surface area contributed by atoms with Gasteiger partial charge in [0.1, 0.15) is 11.5 Å². The smallest absolute Gasteiger partial charge is 0.434 e. The number of hydrogen-bond donors (Lipinski definition) is 0. The highest BCUT2D eigenvalue weighted by molar-refractivity contribution is 5.66. The van der Waals surface area contributed by atoms with Crippen LogP contribution in [0.15, 0.2) is 24.3 Å². The first-order chi connectivity index (χ1) is 9.65. The molecule has 0 aromatic heterocycles. The first-order valence-corrected chi connectivity index (χ1v) is 6.45. The van der Waals surface area contributed by atoms with Gasteiger partial charge in [0.25, 0.3) is 0 Å². The maximum Gasteiger partial charge on any atom is 0.513 e. The summed E-state index contributed by atoms with van der Waals surface area (Å²) in [5.41, 5.74) is 0. The Morgan fingerprint density at radius 2 is 1.60 bits per heavy atom. The SMILES string of the molecule is CCCCOC(=O)Oc1cccc(OC(=O)OCC)c1. The van der Waals surface area contributed by atoms with Crippen LogP contribution in [0.1, 0.15) is 26.7 Å². The molecular formula is C14H18O6. The molecule has 0 amide bonds. The fourth-order valence-electron chi connectivity index (χ4n) is 1.27. The molecule has 0 unspecified atom stereocenters. The van der Waals surface area contributed by atoms with Crippen molar-refractivity contribution in [3.8, 4) is 11.5 Å². The van der Waals surface area contributed by atoms with E-state index in [1.807, 2.05) is 6.92 Å². The van der Waals surface area contributed by atoms with Gasteiger partial charge in [0, 0.05) is 6.07 Å². The number of benzene rings is 1. The third-order valence-corrected chi connectivity index (χ3v) is 2.19. The molecule has 1 aromatic rings. The summed E-state index contributed by atoms with van der Waals surface area (Å²) >= 11 is 0. The van der Waals surface area contributed by atoms with E-state index in [9.17, 15) is 9.59 Å².